The minimum Gasteiger partial charge on any atom is -0.367 e. The van der Waals surface area contributed by atoms with Gasteiger partial charge in [0.15, 0.2) is 0 Å². The van der Waals surface area contributed by atoms with E-state index in [1.165, 1.54) is 6.07 Å². The Morgan fingerprint density at radius 3 is 2.63 bits per heavy atom. The van der Waals surface area contributed by atoms with Crippen LogP contribution in [0.25, 0.3) is 0 Å². The molecule has 0 bridgehead atoms. The molecule has 6 heteroatoms. The number of hydrogen-bond acceptors (Lipinski definition) is 3. The molecule has 1 aliphatic rings. The number of carbonyl (C=O) groups excluding carboxylic acids is 1. The molecule has 27 heavy (non-hydrogen) atoms. The lowest BCUT2D eigenvalue weighted by Gasteiger charge is -2.22. The molecule has 1 saturated heterocycles. The fourth-order valence-corrected chi connectivity index (χ4v) is 3.43. The Kier molecular flexibility index (Phi) is 7.21. The van der Waals surface area contributed by atoms with E-state index >= 15 is 0 Å². The summed E-state index contributed by atoms with van der Waals surface area (Å²) in [5, 5.41) is 0.446. The van der Waals surface area contributed by atoms with Crippen molar-refractivity contribution in [2.75, 3.05) is 32.8 Å². The summed E-state index contributed by atoms with van der Waals surface area (Å²) in [6.45, 7) is 3.76. The van der Waals surface area contributed by atoms with E-state index in [9.17, 15) is 9.18 Å². The van der Waals surface area contributed by atoms with Gasteiger partial charge in [-0.05, 0) is 24.1 Å². The van der Waals surface area contributed by atoms with Crippen LogP contribution in [0.2, 0.25) is 5.02 Å². The summed E-state index contributed by atoms with van der Waals surface area (Å²) in [5.74, 6) is -0.286. The van der Waals surface area contributed by atoms with Crippen LogP contribution in [-0.2, 0) is 22.7 Å². The van der Waals surface area contributed by atoms with Gasteiger partial charge >= 0.3 is 0 Å². The van der Waals surface area contributed by atoms with Crippen molar-refractivity contribution in [1.29, 1.82) is 0 Å². The Morgan fingerprint density at radius 2 is 1.85 bits per heavy atom. The van der Waals surface area contributed by atoms with Gasteiger partial charge in [0, 0.05) is 43.3 Å². The zero-order valence-corrected chi connectivity index (χ0v) is 16.0. The molecule has 0 spiro atoms. The van der Waals surface area contributed by atoms with Crippen molar-refractivity contribution >= 4 is 17.5 Å². The Bertz CT molecular complexity index is 737. The first-order valence-electron chi connectivity index (χ1n) is 9.18. The van der Waals surface area contributed by atoms with Gasteiger partial charge in [0.25, 0.3) is 0 Å². The van der Waals surface area contributed by atoms with Gasteiger partial charge in [-0.15, -0.1) is 0 Å². The normalized spacial score (nSPS) is 15.6. The molecular weight excluding hydrogens is 367 g/mol. The first kappa shape index (κ1) is 19.8. The maximum atomic E-state index is 14.0. The van der Waals surface area contributed by atoms with Crippen LogP contribution in [0.3, 0.4) is 0 Å². The van der Waals surface area contributed by atoms with E-state index < -0.39 is 0 Å². The molecule has 0 saturated carbocycles. The van der Waals surface area contributed by atoms with E-state index in [0.717, 1.165) is 18.5 Å². The van der Waals surface area contributed by atoms with Crippen LogP contribution in [0, 0.1) is 5.82 Å². The van der Waals surface area contributed by atoms with Gasteiger partial charge in [0.2, 0.25) is 5.91 Å². The van der Waals surface area contributed by atoms with Crippen LogP contribution in [0.4, 0.5) is 4.39 Å². The molecule has 0 unspecified atom stereocenters. The maximum Gasteiger partial charge on any atom is 0.248 e. The predicted octanol–water partition coefficient (Wildman–Crippen LogP) is 3.73. The molecule has 0 atom stereocenters. The van der Waals surface area contributed by atoms with Crippen molar-refractivity contribution in [3.8, 4) is 0 Å². The van der Waals surface area contributed by atoms with Crippen molar-refractivity contribution in [3.05, 3.63) is 70.5 Å². The monoisotopic (exact) mass is 390 g/mol. The van der Waals surface area contributed by atoms with Crippen molar-refractivity contribution in [2.24, 2.45) is 0 Å². The SMILES string of the molecule is O=C(COCc1ccccc1)N1CCCN(Cc2c(F)cccc2Cl)CC1. The summed E-state index contributed by atoms with van der Waals surface area (Å²) in [6, 6.07) is 14.5. The molecule has 144 valence electrons. The summed E-state index contributed by atoms with van der Waals surface area (Å²) in [5.41, 5.74) is 1.57. The fourth-order valence-electron chi connectivity index (χ4n) is 3.21. The van der Waals surface area contributed by atoms with Gasteiger partial charge in [-0.25, -0.2) is 4.39 Å². The standard InChI is InChI=1S/C21H24ClFN2O2/c22-19-8-4-9-20(23)18(19)14-24-10-5-11-25(13-12-24)21(26)16-27-15-17-6-2-1-3-7-17/h1-4,6-9H,5,10-16H2. The average molecular weight is 391 g/mol. The number of benzene rings is 2. The number of halogens is 2. The number of nitrogens with zero attached hydrogens (tertiary/aromatic N) is 2. The number of rotatable bonds is 6. The zero-order valence-electron chi connectivity index (χ0n) is 15.2. The molecule has 4 nitrogen and oxygen atoms in total. The van der Waals surface area contributed by atoms with Crippen molar-refractivity contribution < 1.29 is 13.9 Å². The van der Waals surface area contributed by atoms with Crippen molar-refractivity contribution in [3.63, 3.8) is 0 Å². The minimum absolute atomic E-state index is 0.00305. The Hall–Kier alpha value is -1.95. The van der Waals surface area contributed by atoms with Gasteiger partial charge in [-0.1, -0.05) is 48.0 Å². The van der Waals surface area contributed by atoms with Crippen LogP contribution in [0.1, 0.15) is 17.5 Å². The number of hydrogen-bond donors (Lipinski definition) is 0. The van der Waals surface area contributed by atoms with Gasteiger partial charge in [-0.2, -0.15) is 0 Å². The van der Waals surface area contributed by atoms with E-state index in [0.29, 0.717) is 43.4 Å². The lowest BCUT2D eigenvalue weighted by Crippen LogP contribution is -2.37. The highest BCUT2D eigenvalue weighted by atomic mass is 35.5. The highest BCUT2D eigenvalue weighted by Crippen LogP contribution is 2.21. The summed E-state index contributed by atoms with van der Waals surface area (Å²) in [6.07, 6.45) is 0.844. The Morgan fingerprint density at radius 1 is 1.04 bits per heavy atom. The van der Waals surface area contributed by atoms with Crippen molar-refractivity contribution in [1.82, 2.24) is 9.80 Å². The predicted molar refractivity (Wildman–Crippen MR) is 104 cm³/mol. The van der Waals surface area contributed by atoms with Crippen LogP contribution in [0.15, 0.2) is 48.5 Å². The molecule has 2 aromatic carbocycles. The molecule has 1 fully saturated rings. The lowest BCUT2D eigenvalue weighted by molar-refractivity contribution is -0.136. The average Bonchev–Trinajstić information content (AvgIpc) is 2.91. The second-order valence-corrected chi connectivity index (χ2v) is 7.10. The molecule has 1 amide bonds. The second-order valence-electron chi connectivity index (χ2n) is 6.69. The largest absolute Gasteiger partial charge is 0.367 e. The minimum atomic E-state index is -0.283. The second kappa shape index (κ2) is 9.83. The summed E-state index contributed by atoms with van der Waals surface area (Å²) < 4.78 is 19.6. The van der Waals surface area contributed by atoms with Gasteiger partial charge in [0.1, 0.15) is 12.4 Å². The molecule has 0 aliphatic carbocycles. The third-order valence-corrected chi connectivity index (χ3v) is 5.08. The number of ether oxygens (including phenoxy) is 1. The topological polar surface area (TPSA) is 32.8 Å². The van der Waals surface area contributed by atoms with E-state index in [4.69, 9.17) is 16.3 Å². The summed E-state index contributed by atoms with van der Waals surface area (Å²) in [7, 11) is 0. The zero-order chi connectivity index (χ0) is 19.1. The molecular formula is C21H24ClFN2O2. The smallest absolute Gasteiger partial charge is 0.248 e. The highest BCUT2D eigenvalue weighted by Gasteiger charge is 2.20. The lowest BCUT2D eigenvalue weighted by atomic mass is 10.2. The van der Waals surface area contributed by atoms with E-state index in [1.54, 1.807) is 12.1 Å². The summed E-state index contributed by atoms with van der Waals surface area (Å²) in [4.78, 5) is 16.4. The van der Waals surface area contributed by atoms with Crippen LogP contribution < -0.4 is 0 Å². The van der Waals surface area contributed by atoms with Gasteiger partial charge in [-0.3, -0.25) is 9.69 Å². The number of carbonyl (C=O) groups is 1. The molecule has 0 radical (unpaired) electrons. The quantitative estimate of drug-likeness (QED) is 0.753. The van der Waals surface area contributed by atoms with E-state index in [2.05, 4.69) is 4.90 Å². The molecule has 1 aliphatic heterocycles. The molecule has 0 N–H and O–H groups in total. The fraction of sp³-hybridized carbons (Fsp3) is 0.381. The van der Waals surface area contributed by atoms with Crippen LogP contribution >= 0.6 is 11.6 Å². The summed E-state index contributed by atoms with van der Waals surface area (Å²) >= 11 is 6.13. The van der Waals surface area contributed by atoms with Crippen LogP contribution in [-0.4, -0.2) is 48.5 Å². The van der Waals surface area contributed by atoms with Crippen LogP contribution in [0.5, 0.6) is 0 Å². The first-order chi connectivity index (χ1) is 13.1. The molecule has 1 heterocycles. The van der Waals surface area contributed by atoms with E-state index in [1.807, 2.05) is 35.2 Å². The molecule has 2 aromatic rings. The third kappa shape index (κ3) is 5.76. The van der Waals surface area contributed by atoms with E-state index in [-0.39, 0.29) is 18.3 Å². The Labute approximate surface area is 164 Å². The van der Waals surface area contributed by atoms with Crippen molar-refractivity contribution in [2.45, 2.75) is 19.6 Å². The Balaban J connectivity index is 1.47. The highest BCUT2D eigenvalue weighted by molar-refractivity contribution is 6.31. The maximum absolute atomic E-state index is 14.0. The third-order valence-electron chi connectivity index (χ3n) is 4.72. The van der Waals surface area contributed by atoms with Gasteiger partial charge in [0.05, 0.1) is 6.61 Å². The molecule has 0 aromatic heterocycles. The van der Waals surface area contributed by atoms with Gasteiger partial charge < -0.3 is 9.64 Å². The first-order valence-corrected chi connectivity index (χ1v) is 9.56. The molecule has 3 rings (SSSR count). The number of amides is 1.